The number of ether oxygens (including phenoxy) is 2. The Balaban J connectivity index is 2.34. The lowest BCUT2D eigenvalue weighted by Gasteiger charge is -2.23. The molecule has 4 nitrogen and oxygen atoms in total. The zero-order chi connectivity index (χ0) is 15.5. The first kappa shape index (κ1) is 15.6. The van der Waals surface area contributed by atoms with E-state index in [0.29, 0.717) is 11.8 Å². The topological polar surface area (TPSA) is 44.2 Å². The lowest BCUT2D eigenvalue weighted by Crippen LogP contribution is -2.13. The van der Waals surface area contributed by atoms with E-state index >= 15 is 0 Å². The SMILES string of the molecule is COc1ccc(Oc2ccc(CCl)nn2)c(C(C)(C)C)c1. The maximum absolute atomic E-state index is 5.86. The fraction of sp³-hybridized carbons (Fsp3) is 0.375. The van der Waals surface area contributed by atoms with Crippen LogP contribution in [0.15, 0.2) is 30.3 Å². The van der Waals surface area contributed by atoms with Crippen LogP contribution in [-0.4, -0.2) is 17.3 Å². The maximum Gasteiger partial charge on any atom is 0.238 e. The van der Waals surface area contributed by atoms with Gasteiger partial charge in [-0.25, -0.2) is 0 Å². The van der Waals surface area contributed by atoms with Crippen LogP contribution in [0.2, 0.25) is 0 Å². The van der Waals surface area contributed by atoms with E-state index in [1.807, 2.05) is 18.2 Å². The second-order valence-electron chi connectivity index (χ2n) is 5.71. The van der Waals surface area contributed by atoms with Gasteiger partial charge in [-0.15, -0.1) is 16.7 Å². The van der Waals surface area contributed by atoms with Gasteiger partial charge in [-0.1, -0.05) is 20.8 Å². The summed E-state index contributed by atoms with van der Waals surface area (Å²) in [7, 11) is 1.65. The third-order valence-electron chi connectivity index (χ3n) is 3.04. The van der Waals surface area contributed by atoms with Crippen molar-refractivity contribution in [3.63, 3.8) is 0 Å². The molecule has 5 heteroatoms. The first-order chi connectivity index (χ1) is 9.94. The molecule has 1 heterocycles. The van der Waals surface area contributed by atoms with Gasteiger partial charge in [-0.3, -0.25) is 0 Å². The Morgan fingerprint density at radius 2 is 1.86 bits per heavy atom. The Morgan fingerprint density at radius 3 is 2.38 bits per heavy atom. The molecule has 0 unspecified atom stereocenters. The van der Waals surface area contributed by atoms with E-state index in [9.17, 15) is 0 Å². The molecule has 21 heavy (non-hydrogen) atoms. The van der Waals surface area contributed by atoms with E-state index in [1.54, 1.807) is 19.2 Å². The van der Waals surface area contributed by atoms with Crippen LogP contribution in [0.3, 0.4) is 0 Å². The minimum atomic E-state index is -0.0760. The Morgan fingerprint density at radius 1 is 1.10 bits per heavy atom. The first-order valence-corrected chi connectivity index (χ1v) is 7.22. The summed E-state index contributed by atoms with van der Waals surface area (Å²) in [5.41, 5.74) is 1.69. The van der Waals surface area contributed by atoms with Crippen molar-refractivity contribution >= 4 is 11.6 Å². The fourth-order valence-electron chi connectivity index (χ4n) is 1.90. The van der Waals surface area contributed by atoms with Crippen molar-refractivity contribution in [2.45, 2.75) is 32.1 Å². The molecule has 0 N–H and O–H groups in total. The summed E-state index contributed by atoms with van der Waals surface area (Å²) in [5, 5.41) is 8.01. The first-order valence-electron chi connectivity index (χ1n) is 6.69. The van der Waals surface area contributed by atoms with Crippen molar-refractivity contribution < 1.29 is 9.47 Å². The summed E-state index contributed by atoms with van der Waals surface area (Å²) >= 11 is 5.70. The van der Waals surface area contributed by atoms with Gasteiger partial charge in [-0.2, -0.15) is 5.10 Å². The van der Waals surface area contributed by atoms with Crippen molar-refractivity contribution in [3.8, 4) is 17.4 Å². The third-order valence-corrected chi connectivity index (χ3v) is 3.32. The number of nitrogens with zero attached hydrogens (tertiary/aromatic N) is 2. The molecular weight excluding hydrogens is 288 g/mol. The molecule has 0 fully saturated rings. The van der Waals surface area contributed by atoms with Gasteiger partial charge in [0.05, 0.1) is 18.7 Å². The molecule has 0 atom stereocenters. The van der Waals surface area contributed by atoms with E-state index < -0.39 is 0 Å². The second-order valence-corrected chi connectivity index (χ2v) is 5.98. The van der Waals surface area contributed by atoms with E-state index in [1.165, 1.54) is 0 Å². The highest BCUT2D eigenvalue weighted by Crippen LogP contribution is 2.36. The number of benzene rings is 1. The predicted octanol–water partition coefficient (Wildman–Crippen LogP) is 4.31. The number of halogens is 1. The predicted molar refractivity (Wildman–Crippen MR) is 83.4 cm³/mol. The van der Waals surface area contributed by atoms with Crippen LogP contribution in [0.25, 0.3) is 0 Å². The van der Waals surface area contributed by atoms with Gasteiger partial charge in [0.15, 0.2) is 0 Å². The van der Waals surface area contributed by atoms with Crippen LogP contribution in [0.4, 0.5) is 0 Å². The summed E-state index contributed by atoms with van der Waals surface area (Å²) in [4.78, 5) is 0. The van der Waals surface area contributed by atoms with Crippen molar-refractivity contribution in [1.82, 2.24) is 10.2 Å². The molecule has 0 aliphatic heterocycles. The highest BCUT2D eigenvalue weighted by atomic mass is 35.5. The largest absolute Gasteiger partial charge is 0.497 e. The van der Waals surface area contributed by atoms with E-state index in [4.69, 9.17) is 21.1 Å². The van der Waals surface area contributed by atoms with E-state index in [0.717, 1.165) is 22.8 Å². The molecule has 0 bridgehead atoms. The number of methoxy groups -OCH3 is 1. The van der Waals surface area contributed by atoms with Gasteiger partial charge in [0.25, 0.3) is 0 Å². The Bertz CT molecular complexity index is 607. The van der Waals surface area contributed by atoms with Crippen LogP contribution in [-0.2, 0) is 11.3 Å². The molecule has 0 amide bonds. The summed E-state index contributed by atoms with van der Waals surface area (Å²) in [6.07, 6.45) is 0. The van der Waals surface area contributed by atoms with Crippen molar-refractivity contribution in [1.29, 1.82) is 0 Å². The zero-order valence-electron chi connectivity index (χ0n) is 12.7. The monoisotopic (exact) mass is 306 g/mol. The molecule has 0 saturated carbocycles. The normalized spacial score (nSPS) is 11.3. The second kappa shape index (κ2) is 6.31. The van der Waals surface area contributed by atoms with Crippen molar-refractivity contribution in [2.75, 3.05) is 7.11 Å². The summed E-state index contributed by atoms with van der Waals surface area (Å²) in [6.45, 7) is 6.37. The molecule has 0 radical (unpaired) electrons. The maximum atomic E-state index is 5.86. The van der Waals surface area contributed by atoms with Gasteiger partial charge < -0.3 is 9.47 Å². The number of alkyl halides is 1. The molecule has 112 valence electrons. The smallest absolute Gasteiger partial charge is 0.238 e. The van der Waals surface area contributed by atoms with Crippen LogP contribution >= 0.6 is 11.6 Å². The van der Waals surface area contributed by atoms with Crippen molar-refractivity contribution in [2.24, 2.45) is 0 Å². The highest BCUT2D eigenvalue weighted by molar-refractivity contribution is 6.16. The highest BCUT2D eigenvalue weighted by Gasteiger charge is 2.20. The lowest BCUT2D eigenvalue weighted by molar-refractivity contribution is 0.404. The molecule has 0 spiro atoms. The van der Waals surface area contributed by atoms with Gasteiger partial charge in [0, 0.05) is 11.6 Å². The zero-order valence-corrected chi connectivity index (χ0v) is 13.4. The van der Waals surface area contributed by atoms with Gasteiger partial charge in [-0.05, 0) is 29.7 Å². The van der Waals surface area contributed by atoms with Crippen LogP contribution in [0, 0.1) is 0 Å². The quantitative estimate of drug-likeness (QED) is 0.789. The standard InChI is InChI=1S/C16H19ClN2O2/c1-16(2,3)13-9-12(20-4)6-7-14(13)21-15-8-5-11(10-17)18-19-15/h5-9H,10H2,1-4H3. The summed E-state index contributed by atoms with van der Waals surface area (Å²) < 4.78 is 11.2. The number of hydrogen-bond donors (Lipinski definition) is 0. The summed E-state index contributed by atoms with van der Waals surface area (Å²) in [5.74, 6) is 2.33. The molecule has 1 aromatic heterocycles. The lowest BCUT2D eigenvalue weighted by atomic mass is 9.86. The minimum absolute atomic E-state index is 0.0760. The molecule has 0 aliphatic rings. The Kier molecular flexibility index (Phi) is 4.68. The summed E-state index contributed by atoms with van der Waals surface area (Å²) in [6, 6.07) is 9.30. The molecule has 2 rings (SSSR count). The number of rotatable bonds is 4. The van der Waals surface area contributed by atoms with Gasteiger partial charge in [0.1, 0.15) is 11.5 Å². The van der Waals surface area contributed by atoms with Crippen LogP contribution < -0.4 is 9.47 Å². The van der Waals surface area contributed by atoms with E-state index in [2.05, 4.69) is 31.0 Å². The molecule has 2 aromatic rings. The van der Waals surface area contributed by atoms with Gasteiger partial charge in [0.2, 0.25) is 5.88 Å². The van der Waals surface area contributed by atoms with E-state index in [-0.39, 0.29) is 5.41 Å². The number of hydrogen-bond acceptors (Lipinski definition) is 4. The Labute approximate surface area is 130 Å². The average Bonchev–Trinajstić information content (AvgIpc) is 2.47. The Hall–Kier alpha value is -1.81. The fourth-order valence-corrected chi connectivity index (χ4v) is 2.04. The van der Waals surface area contributed by atoms with Crippen LogP contribution in [0.1, 0.15) is 32.0 Å². The number of aromatic nitrogens is 2. The van der Waals surface area contributed by atoms with Gasteiger partial charge >= 0.3 is 0 Å². The average molecular weight is 307 g/mol. The molecular formula is C16H19ClN2O2. The minimum Gasteiger partial charge on any atom is -0.497 e. The third kappa shape index (κ3) is 3.85. The molecule has 0 aliphatic carbocycles. The molecule has 1 aromatic carbocycles. The molecule has 0 saturated heterocycles. The van der Waals surface area contributed by atoms with Crippen molar-refractivity contribution in [3.05, 3.63) is 41.6 Å². The van der Waals surface area contributed by atoms with Crippen LogP contribution in [0.5, 0.6) is 17.4 Å².